The van der Waals surface area contributed by atoms with Crippen molar-refractivity contribution in [2.24, 2.45) is 5.92 Å². The zero-order valence-electron chi connectivity index (χ0n) is 25.6. The van der Waals surface area contributed by atoms with Crippen molar-refractivity contribution >= 4 is 35.8 Å². The normalized spacial score (nSPS) is 19.1. The number of benzene rings is 2. The first-order valence-electron chi connectivity index (χ1n) is 13.7. The Morgan fingerprint density at radius 3 is 1.74 bits per heavy atom. The van der Waals surface area contributed by atoms with Crippen molar-refractivity contribution in [2.75, 3.05) is 0 Å². The topological polar surface area (TPSA) is 0 Å². The standard InChI is InChI=1S/C23H27.C9H13.C2H6Si.2ClH.Zr/c1-22(2,3)18-13-17(14-19(15-18)23(4,5)6)21-12-11-16-9-7-8-10-20(16)21;1-6-5-7(2)9(4)8(6)3;1-3-2;;;/h7-15H,1-6H3;6H,1-4H3;1-2H3;2*1H;. The van der Waals surface area contributed by atoms with Crippen molar-refractivity contribution < 1.29 is 20.4 Å². The van der Waals surface area contributed by atoms with Gasteiger partial charge in [-0.15, -0.1) is 24.8 Å². The quantitative estimate of drug-likeness (QED) is 0.291. The minimum absolute atomic E-state index is 0. The molecule has 206 valence electrons. The molecular weight excluding hydrogens is 599 g/mol. The first kappa shape index (κ1) is 33.5. The smallest absolute Gasteiger partial charge is 0.147 e. The maximum atomic E-state index is 2.74. The molecule has 4 heteroatoms. The molecular formula is C34H48Cl2SiZr. The molecule has 0 heterocycles. The molecule has 2 unspecified atom stereocenters. The van der Waals surface area contributed by atoms with Crippen molar-refractivity contribution in [3.63, 3.8) is 0 Å². The Morgan fingerprint density at radius 2 is 1.29 bits per heavy atom. The van der Waals surface area contributed by atoms with Gasteiger partial charge in [0.25, 0.3) is 0 Å². The fourth-order valence-electron chi connectivity index (χ4n) is 6.05. The summed E-state index contributed by atoms with van der Waals surface area (Å²) >= 11 is -1.99. The van der Waals surface area contributed by atoms with Crippen LogP contribution in [-0.2, 0) is 31.2 Å². The summed E-state index contributed by atoms with van der Waals surface area (Å²) in [6.07, 6.45) is 2.74. The third-order valence-electron chi connectivity index (χ3n) is 8.68. The van der Waals surface area contributed by atoms with E-state index < -0.39 is 25.8 Å². The molecule has 2 aromatic rings. The maximum absolute atomic E-state index is 2.74. The van der Waals surface area contributed by atoms with E-state index in [0.717, 1.165) is 0 Å². The van der Waals surface area contributed by atoms with Gasteiger partial charge in [0, 0.05) is 0 Å². The summed E-state index contributed by atoms with van der Waals surface area (Å²) in [6.45, 7) is 29.0. The minimum Gasteiger partial charge on any atom is -0.147 e. The molecule has 0 radical (unpaired) electrons. The Bertz CT molecular complexity index is 1320. The van der Waals surface area contributed by atoms with Gasteiger partial charge in [-0.05, 0) is 0 Å². The second kappa shape index (κ2) is 12.1. The van der Waals surface area contributed by atoms with Gasteiger partial charge in [0.1, 0.15) is 0 Å². The van der Waals surface area contributed by atoms with Gasteiger partial charge in [0.2, 0.25) is 0 Å². The van der Waals surface area contributed by atoms with Gasteiger partial charge in [-0.25, -0.2) is 0 Å². The zero-order valence-corrected chi connectivity index (χ0v) is 30.7. The van der Waals surface area contributed by atoms with Crippen LogP contribution in [0.5, 0.6) is 0 Å². The number of fused-ring (bicyclic) bond motifs is 1. The maximum Gasteiger partial charge on any atom is -0.147 e. The Kier molecular flexibility index (Phi) is 10.6. The van der Waals surface area contributed by atoms with Gasteiger partial charge in [-0.3, -0.25) is 0 Å². The minimum atomic E-state index is -1.99. The predicted molar refractivity (Wildman–Crippen MR) is 172 cm³/mol. The summed E-state index contributed by atoms with van der Waals surface area (Å²) in [5.74, 6) is 0.639. The summed E-state index contributed by atoms with van der Waals surface area (Å²) in [5, 5.41) is 0. The molecule has 4 rings (SSSR count). The van der Waals surface area contributed by atoms with Crippen LogP contribution in [0.15, 0.2) is 68.5 Å². The van der Waals surface area contributed by atoms with Crippen molar-refractivity contribution in [1.82, 2.24) is 0 Å². The van der Waals surface area contributed by atoms with Crippen molar-refractivity contribution in [2.45, 2.75) is 96.8 Å². The van der Waals surface area contributed by atoms with Gasteiger partial charge in [0.15, 0.2) is 0 Å². The SMILES string of the molecule is CC1=C(C)C(C)[C]([Zr]([CH]2C=C(c3cc(C(C)(C)C)cc(C(C)(C)C)c3)c3ccccc32)=[Si](C)C)=C1C.Cl.Cl. The number of rotatable bonds is 3. The third kappa shape index (κ3) is 6.15. The van der Waals surface area contributed by atoms with Gasteiger partial charge in [0.05, 0.1) is 0 Å². The van der Waals surface area contributed by atoms with E-state index in [0.29, 0.717) is 9.54 Å². The number of hydrogen-bond acceptors (Lipinski definition) is 0. The molecule has 2 aliphatic rings. The van der Waals surface area contributed by atoms with E-state index in [-0.39, 0.29) is 35.6 Å². The molecule has 2 aromatic carbocycles. The fourth-order valence-corrected chi connectivity index (χ4v) is 25.7. The number of allylic oxidation sites excluding steroid dienone is 5. The molecule has 38 heavy (non-hydrogen) atoms. The average Bonchev–Trinajstić information content (AvgIpc) is 3.25. The molecule has 2 aliphatic carbocycles. The number of halogens is 2. The molecule has 2 atom stereocenters. The van der Waals surface area contributed by atoms with E-state index in [1.54, 1.807) is 22.3 Å². The first-order valence-corrected chi connectivity index (χ1v) is 22.5. The van der Waals surface area contributed by atoms with Crippen LogP contribution in [-0.4, -0.2) is 5.43 Å². The summed E-state index contributed by atoms with van der Waals surface area (Å²) in [6, 6.07) is 16.8. The molecule has 0 saturated carbocycles. The average molecular weight is 647 g/mol. The van der Waals surface area contributed by atoms with E-state index in [9.17, 15) is 0 Å². The molecule has 0 aromatic heterocycles. The molecule has 0 nitrogen and oxygen atoms in total. The van der Waals surface area contributed by atoms with E-state index in [2.05, 4.69) is 131 Å². The zero-order chi connectivity index (χ0) is 26.7. The van der Waals surface area contributed by atoms with Crippen LogP contribution in [0.25, 0.3) is 5.57 Å². The van der Waals surface area contributed by atoms with E-state index in [4.69, 9.17) is 0 Å². The second-order valence-electron chi connectivity index (χ2n) is 13.4. The Balaban J connectivity index is 0.00000253. The third-order valence-corrected chi connectivity index (χ3v) is 27.2. The van der Waals surface area contributed by atoms with Crippen LogP contribution in [0.2, 0.25) is 13.1 Å². The van der Waals surface area contributed by atoms with Crippen molar-refractivity contribution in [3.8, 4) is 0 Å². The summed E-state index contributed by atoms with van der Waals surface area (Å²) in [5.41, 5.74) is 13.6. The predicted octanol–water partition coefficient (Wildman–Crippen LogP) is 10.7. The van der Waals surface area contributed by atoms with Crippen LogP contribution < -0.4 is 0 Å². The van der Waals surface area contributed by atoms with E-state index in [1.807, 2.05) is 3.28 Å². The molecule has 0 aliphatic heterocycles. The van der Waals surface area contributed by atoms with E-state index >= 15 is 0 Å². The van der Waals surface area contributed by atoms with Gasteiger partial charge < -0.3 is 0 Å². The van der Waals surface area contributed by atoms with Crippen molar-refractivity contribution in [3.05, 3.63) is 96.4 Å². The summed E-state index contributed by atoms with van der Waals surface area (Å²) in [7, 11) is 0. The van der Waals surface area contributed by atoms with Gasteiger partial charge >= 0.3 is 230 Å². The Hall–Kier alpha value is -0.660. The van der Waals surface area contributed by atoms with Crippen LogP contribution in [0.1, 0.15) is 101 Å². The van der Waals surface area contributed by atoms with E-state index in [1.165, 1.54) is 27.8 Å². The molecule has 0 bridgehead atoms. The van der Waals surface area contributed by atoms with Crippen LogP contribution in [0.3, 0.4) is 0 Å². The fraction of sp³-hybridized carbons (Fsp3) is 0.471. The molecule has 0 saturated heterocycles. The largest absolute Gasteiger partial charge is 0.147 e. The van der Waals surface area contributed by atoms with Crippen LogP contribution >= 0.6 is 24.8 Å². The molecule has 0 amide bonds. The van der Waals surface area contributed by atoms with Crippen LogP contribution in [0.4, 0.5) is 0 Å². The Morgan fingerprint density at radius 1 is 0.763 bits per heavy atom. The number of hydrogen-bond donors (Lipinski definition) is 0. The van der Waals surface area contributed by atoms with Gasteiger partial charge in [-0.2, -0.15) is 0 Å². The molecule has 0 N–H and O–H groups in total. The van der Waals surface area contributed by atoms with Gasteiger partial charge in [-0.1, -0.05) is 0 Å². The van der Waals surface area contributed by atoms with Crippen LogP contribution in [0, 0.1) is 5.92 Å². The summed E-state index contributed by atoms with van der Waals surface area (Å²) in [4.78, 5) is 0. The second-order valence-corrected chi connectivity index (χ2v) is 30.9. The molecule has 0 fully saturated rings. The summed E-state index contributed by atoms with van der Waals surface area (Å²) < 4.78 is 2.55. The monoisotopic (exact) mass is 644 g/mol. The molecule has 0 spiro atoms. The Labute approximate surface area is 253 Å². The first-order chi connectivity index (χ1) is 16.6. The van der Waals surface area contributed by atoms with Crippen molar-refractivity contribution in [1.29, 1.82) is 0 Å².